The number of carboxylic acid groups (broad SMARTS) is 1. The van der Waals surface area contributed by atoms with Gasteiger partial charge in [-0.3, -0.25) is 14.4 Å². The van der Waals surface area contributed by atoms with Crippen LogP contribution in [0.15, 0.2) is 0 Å². The number of nitrogens with two attached hydrogens (primary N) is 1. The second-order valence-electron chi connectivity index (χ2n) is 8.28. The number of halogens is 1. The lowest BCUT2D eigenvalue weighted by atomic mass is 10.0. The first kappa shape index (κ1) is 23.9. The van der Waals surface area contributed by atoms with E-state index in [1.54, 1.807) is 0 Å². The fourth-order valence-electron chi connectivity index (χ4n) is 4.40. The van der Waals surface area contributed by atoms with E-state index in [0.29, 0.717) is 37.0 Å². The van der Waals surface area contributed by atoms with E-state index < -0.39 is 5.97 Å². The minimum absolute atomic E-state index is 0.137. The third-order valence-corrected chi connectivity index (χ3v) is 5.98. The van der Waals surface area contributed by atoms with Crippen molar-refractivity contribution >= 4 is 28.7 Å². The summed E-state index contributed by atoms with van der Waals surface area (Å²) in [6.07, 6.45) is 16.3. The van der Waals surface area contributed by atoms with Gasteiger partial charge >= 0.3 is 5.97 Å². The smallest absolute Gasteiger partial charge is 0.303 e. The van der Waals surface area contributed by atoms with Crippen LogP contribution in [0.1, 0.15) is 96.3 Å². The molecule has 0 unspecified atom stereocenters. The van der Waals surface area contributed by atoms with Gasteiger partial charge < -0.3 is 10.8 Å². The van der Waals surface area contributed by atoms with Crippen LogP contribution in [0.5, 0.6) is 0 Å². The van der Waals surface area contributed by atoms with Crippen molar-refractivity contribution < 1.29 is 19.5 Å². The lowest BCUT2D eigenvalue weighted by Crippen LogP contribution is -2.14. The molecule has 0 saturated heterocycles. The molecule has 1 amide bonds. The highest BCUT2D eigenvalue weighted by molar-refractivity contribution is 6.63. The summed E-state index contributed by atoms with van der Waals surface area (Å²) in [5.41, 5.74) is 5.03. The second kappa shape index (κ2) is 14.0. The van der Waals surface area contributed by atoms with Gasteiger partial charge in [-0.05, 0) is 67.9 Å². The van der Waals surface area contributed by atoms with Gasteiger partial charge in [0.2, 0.25) is 11.1 Å². The van der Waals surface area contributed by atoms with E-state index >= 15 is 0 Å². The summed E-state index contributed by atoms with van der Waals surface area (Å²) >= 11 is 5.22. The molecule has 0 bridgehead atoms. The number of hydrogen-bond acceptors (Lipinski definition) is 3. The molecule has 0 aliphatic heterocycles. The Bertz CT molecular complexity index is 385. The Morgan fingerprint density at radius 3 is 1.33 bits per heavy atom. The van der Waals surface area contributed by atoms with Gasteiger partial charge in [0.05, 0.1) is 0 Å². The number of rotatable bonds is 6. The molecule has 3 fully saturated rings. The number of carbonyl (C=O) groups is 3. The Kier molecular flexibility index (Phi) is 12.4. The molecule has 6 heteroatoms. The molecule has 0 aromatic carbocycles. The minimum atomic E-state index is -0.637. The minimum Gasteiger partial charge on any atom is -0.481 e. The van der Waals surface area contributed by atoms with Crippen LogP contribution >= 0.6 is 11.6 Å². The molecule has 3 rings (SSSR count). The second-order valence-corrected chi connectivity index (χ2v) is 8.70. The molecule has 156 valence electrons. The van der Waals surface area contributed by atoms with Gasteiger partial charge in [-0.1, -0.05) is 38.5 Å². The summed E-state index contributed by atoms with van der Waals surface area (Å²) in [6, 6.07) is 0. The lowest BCUT2D eigenvalue weighted by Gasteiger charge is -2.02. The van der Waals surface area contributed by atoms with Crippen LogP contribution in [0.2, 0.25) is 0 Å². The van der Waals surface area contributed by atoms with Gasteiger partial charge in [-0.15, -0.1) is 0 Å². The average molecular weight is 402 g/mol. The first-order valence-corrected chi connectivity index (χ1v) is 10.9. The molecule has 3 saturated carbocycles. The molecular weight excluding hydrogens is 366 g/mol. The zero-order valence-corrected chi connectivity index (χ0v) is 17.2. The van der Waals surface area contributed by atoms with Crippen molar-refractivity contribution in [2.75, 3.05) is 0 Å². The predicted octanol–water partition coefficient (Wildman–Crippen LogP) is 5.04. The molecule has 3 aliphatic rings. The molecule has 3 N–H and O–H groups in total. The normalized spacial score (nSPS) is 20.5. The Morgan fingerprint density at radius 1 is 0.704 bits per heavy atom. The van der Waals surface area contributed by atoms with Crippen molar-refractivity contribution in [3.63, 3.8) is 0 Å². The summed E-state index contributed by atoms with van der Waals surface area (Å²) in [6.45, 7) is 0. The Balaban J connectivity index is 0.000000202. The SMILES string of the molecule is NC(=O)CC1CCCC1.O=C(Cl)CC1CCCC1.O=C(O)CC1CCCC1. The fraction of sp³-hybridized carbons (Fsp3) is 0.857. The van der Waals surface area contributed by atoms with Crippen LogP contribution in [-0.4, -0.2) is 22.2 Å². The van der Waals surface area contributed by atoms with E-state index in [2.05, 4.69) is 0 Å². The maximum absolute atomic E-state index is 10.4. The summed E-state index contributed by atoms with van der Waals surface area (Å²) in [7, 11) is 0. The first-order valence-electron chi connectivity index (χ1n) is 10.5. The van der Waals surface area contributed by atoms with Crippen molar-refractivity contribution in [1.82, 2.24) is 0 Å². The van der Waals surface area contributed by atoms with Crippen molar-refractivity contribution in [3.8, 4) is 0 Å². The lowest BCUT2D eigenvalue weighted by molar-refractivity contribution is -0.138. The van der Waals surface area contributed by atoms with E-state index in [1.807, 2.05) is 0 Å². The van der Waals surface area contributed by atoms with E-state index in [0.717, 1.165) is 12.8 Å². The molecule has 27 heavy (non-hydrogen) atoms. The van der Waals surface area contributed by atoms with E-state index in [-0.39, 0.29) is 11.1 Å². The molecule has 5 nitrogen and oxygen atoms in total. The number of carboxylic acids is 1. The summed E-state index contributed by atoms with van der Waals surface area (Å²) < 4.78 is 0. The quantitative estimate of drug-likeness (QED) is 0.609. The highest BCUT2D eigenvalue weighted by Crippen LogP contribution is 2.28. The van der Waals surface area contributed by atoms with E-state index in [1.165, 1.54) is 64.2 Å². The maximum Gasteiger partial charge on any atom is 0.303 e. The Morgan fingerprint density at radius 2 is 1.04 bits per heavy atom. The standard InChI is InChI=1S/C7H11ClO.C7H13NO.C7H12O2/c3*8-7(9)5-6-3-1-2-4-6/h6H,1-5H2;6H,1-5H2,(H2,8,9);6H,1-5H2,(H,8,9). The molecule has 0 atom stereocenters. The monoisotopic (exact) mass is 401 g/mol. The third-order valence-electron chi connectivity index (χ3n) is 5.83. The van der Waals surface area contributed by atoms with Crippen LogP contribution < -0.4 is 5.73 Å². The predicted molar refractivity (Wildman–Crippen MR) is 107 cm³/mol. The van der Waals surface area contributed by atoms with Gasteiger partial charge in [0.1, 0.15) is 0 Å². The molecule has 0 aromatic rings. The van der Waals surface area contributed by atoms with Gasteiger partial charge in [0.15, 0.2) is 0 Å². The van der Waals surface area contributed by atoms with E-state index in [4.69, 9.17) is 22.4 Å². The first-order chi connectivity index (χ1) is 12.9. The van der Waals surface area contributed by atoms with Crippen molar-refractivity contribution in [2.45, 2.75) is 96.3 Å². The van der Waals surface area contributed by atoms with Crippen molar-refractivity contribution in [3.05, 3.63) is 0 Å². The Labute approximate surface area is 168 Å². The van der Waals surface area contributed by atoms with Crippen LogP contribution in [0.4, 0.5) is 0 Å². The number of carbonyl (C=O) groups excluding carboxylic acids is 2. The van der Waals surface area contributed by atoms with Crippen LogP contribution in [-0.2, 0) is 14.4 Å². The highest BCUT2D eigenvalue weighted by Gasteiger charge is 2.18. The highest BCUT2D eigenvalue weighted by atomic mass is 35.5. The molecule has 0 radical (unpaired) electrons. The molecule has 3 aliphatic carbocycles. The van der Waals surface area contributed by atoms with Gasteiger partial charge in [0, 0.05) is 19.3 Å². The topological polar surface area (TPSA) is 97.5 Å². The average Bonchev–Trinajstić information content (AvgIpc) is 3.30. The maximum atomic E-state index is 10.4. The van der Waals surface area contributed by atoms with Gasteiger partial charge in [-0.25, -0.2) is 0 Å². The van der Waals surface area contributed by atoms with Gasteiger partial charge in [0.25, 0.3) is 0 Å². The van der Waals surface area contributed by atoms with Crippen molar-refractivity contribution in [2.24, 2.45) is 23.5 Å². The number of aliphatic carboxylic acids is 1. The number of hydrogen-bond donors (Lipinski definition) is 2. The van der Waals surface area contributed by atoms with Crippen LogP contribution in [0.25, 0.3) is 0 Å². The molecular formula is C21H36ClNO4. The number of amides is 1. The zero-order chi connectivity index (χ0) is 20.1. The molecule has 0 aromatic heterocycles. The summed E-state index contributed by atoms with van der Waals surface area (Å²) in [5, 5.41) is 8.21. The van der Waals surface area contributed by atoms with E-state index in [9.17, 15) is 14.4 Å². The molecule has 0 heterocycles. The Hall–Kier alpha value is -1.10. The third kappa shape index (κ3) is 12.8. The fourth-order valence-corrected chi connectivity index (χ4v) is 4.62. The largest absolute Gasteiger partial charge is 0.481 e. The van der Waals surface area contributed by atoms with Crippen LogP contribution in [0, 0.1) is 17.8 Å². The van der Waals surface area contributed by atoms with Crippen molar-refractivity contribution in [1.29, 1.82) is 0 Å². The zero-order valence-electron chi connectivity index (χ0n) is 16.5. The van der Waals surface area contributed by atoms with Gasteiger partial charge in [-0.2, -0.15) is 0 Å². The molecule has 0 spiro atoms. The summed E-state index contributed by atoms with van der Waals surface area (Å²) in [4.78, 5) is 30.9. The summed E-state index contributed by atoms with van der Waals surface area (Å²) in [5.74, 6) is 0.934. The number of primary amides is 1. The van der Waals surface area contributed by atoms with Crippen LogP contribution in [0.3, 0.4) is 0 Å².